The summed E-state index contributed by atoms with van der Waals surface area (Å²) >= 11 is 0. The van der Waals surface area contributed by atoms with Crippen molar-refractivity contribution >= 4 is 17.6 Å². The van der Waals surface area contributed by atoms with Crippen LogP contribution in [-0.4, -0.2) is 73.0 Å². The molecule has 3 aliphatic heterocycles. The Hall–Kier alpha value is -3.34. The van der Waals surface area contributed by atoms with Crippen molar-refractivity contribution < 1.29 is 9.57 Å². The van der Waals surface area contributed by atoms with E-state index in [2.05, 4.69) is 52.2 Å². The van der Waals surface area contributed by atoms with Crippen LogP contribution in [0.4, 0.5) is 17.6 Å². The molecule has 10 nitrogen and oxygen atoms in total. The van der Waals surface area contributed by atoms with Crippen LogP contribution in [0.1, 0.15) is 18.5 Å². The number of benzene rings is 1. The standard InChI is InChI=1S/C24H32N8O2/c1-17-13-22(29-30(17)2)26-21-15-23(32-9-11-33-12-10-32)28-24(27-21)25-16-19-14-20(31(3)34-19)18-7-5-4-6-8-18/h4-8,13-15,17,20,29H,9-12,16H2,1-3H3,(H2,25,26,27,28). The van der Waals surface area contributed by atoms with Gasteiger partial charge in [0.05, 0.1) is 25.8 Å². The van der Waals surface area contributed by atoms with E-state index in [0.29, 0.717) is 31.7 Å². The largest absolute Gasteiger partial charge is 0.408 e. The summed E-state index contributed by atoms with van der Waals surface area (Å²) in [5.74, 6) is 3.87. The summed E-state index contributed by atoms with van der Waals surface area (Å²) in [6, 6.07) is 12.7. The van der Waals surface area contributed by atoms with Gasteiger partial charge < -0.3 is 30.5 Å². The molecule has 1 aromatic heterocycles. The second-order valence-corrected chi connectivity index (χ2v) is 8.68. The molecule has 34 heavy (non-hydrogen) atoms. The van der Waals surface area contributed by atoms with Crippen LogP contribution in [0.25, 0.3) is 0 Å². The van der Waals surface area contributed by atoms with Gasteiger partial charge in [0.25, 0.3) is 0 Å². The lowest BCUT2D eigenvalue weighted by Crippen LogP contribution is -2.37. The van der Waals surface area contributed by atoms with Crippen molar-refractivity contribution in [3.8, 4) is 0 Å². The van der Waals surface area contributed by atoms with Gasteiger partial charge >= 0.3 is 0 Å². The summed E-state index contributed by atoms with van der Waals surface area (Å²) in [4.78, 5) is 17.7. The second kappa shape index (κ2) is 9.88. The molecular weight excluding hydrogens is 432 g/mol. The molecule has 0 bridgehead atoms. The lowest BCUT2D eigenvalue weighted by molar-refractivity contribution is -0.0947. The molecule has 0 aliphatic carbocycles. The van der Waals surface area contributed by atoms with E-state index >= 15 is 0 Å². The van der Waals surface area contributed by atoms with Crippen LogP contribution in [0, 0.1) is 0 Å². The first-order valence-corrected chi connectivity index (χ1v) is 11.7. The molecule has 180 valence electrons. The summed E-state index contributed by atoms with van der Waals surface area (Å²) in [6.07, 6.45) is 4.25. The molecule has 5 rings (SSSR count). The third kappa shape index (κ3) is 5.09. The number of ether oxygens (including phenoxy) is 1. The lowest BCUT2D eigenvalue weighted by atomic mass is 10.1. The highest BCUT2D eigenvalue weighted by Gasteiger charge is 2.25. The molecule has 10 heteroatoms. The van der Waals surface area contributed by atoms with Crippen LogP contribution in [-0.2, 0) is 9.57 Å². The third-order valence-corrected chi connectivity index (χ3v) is 6.18. The van der Waals surface area contributed by atoms with Crippen molar-refractivity contribution in [1.29, 1.82) is 0 Å². The lowest BCUT2D eigenvalue weighted by Gasteiger charge is -2.28. The summed E-state index contributed by atoms with van der Waals surface area (Å²) < 4.78 is 5.51. The number of hydrogen-bond acceptors (Lipinski definition) is 10. The first-order valence-electron chi connectivity index (χ1n) is 11.7. The summed E-state index contributed by atoms with van der Waals surface area (Å²) in [5, 5.41) is 10.6. The number of nitrogens with one attached hydrogen (secondary N) is 3. The number of aromatic nitrogens is 2. The van der Waals surface area contributed by atoms with E-state index in [0.717, 1.165) is 36.3 Å². The van der Waals surface area contributed by atoms with E-state index in [9.17, 15) is 0 Å². The molecule has 2 aromatic rings. The Morgan fingerprint density at radius 2 is 1.88 bits per heavy atom. The van der Waals surface area contributed by atoms with Gasteiger partial charge in [-0.2, -0.15) is 9.97 Å². The number of hydrogen-bond donors (Lipinski definition) is 3. The highest BCUT2D eigenvalue weighted by Crippen LogP contribution is 2.30. The first-order chi connectivity index (χ1) is 16.5. The summed E-state index contributed by atoms with van der Waals surface area (Å²) in [5.41, 5.74) is 4.50. The molecule has 4 heterocycles. The van der Waals surface area contributed by atoms with Gasteiger partial charge in [0.15, 0.2) is 0 Å². The fourth-order valence-corrected chi connectivity index (χ4v) is 4.19. The van der Waals surface area contributed by atoms with Gasteiger partial charge in [0.2, 0.25) is 5.95 Å². The van der Waals surface area contributed by atoms with Crippen molar-refractivity contribution in [2.75, 3.05) is 62.5 Å². The Balaban J connectivity index is 1.32. The highest BCUT2D eigenvalue weighted by atomic mass is 16.7. The number of likely N-dealkylation sites (N-methyl/N-ethyl adjacent to an activating group) is 2. The molecule has 1 fully saturated rings. The average molecular weight is 465 g/mol. The van der Waals surface area contributed by atoms with Crippen LogP contribution in [0.2, 0.25) is 0 Å². The van der Waals surface area contributed by atoms with Crippen molar-refractivity contribution in [2.24, 2.45) is 0 Å². The van der Waals surface area contributed by atoms with Crippen LogP contribution >= 0.6 is 0 Å². The van der Waals surface area contributed by atoms with Gasteiger partial charge in [-0.25, -0.2) is 5.01 Å². The molecule has 0 radical (unpaired) electrons. The zero-order valence-electron chi connectivity index (χ0n) is 19.9. The van der Waals surface area contributed by atoms with Gasteiger partial charge in [0.1, 0.15) is 23.2 Å². The normalized spacial score (nSPS) is 23.2. The SMILES string of the molecule is CC1C=C(Nc2cc(N3CCOCC3)nc(NCC3=CC(c4ccccc4)N(C)O3)n2)NN1C. The molecule has 3 N–H and O–H groups in total. The van der Waals surface area contributed by atoms with Crippen molar-refractivity contribution in [3.05, 3.63) is 65.7 Å². The monoisotopic (exact) mass is 464 g/mol. The highest BCUT2D eigenvalue weighted by molar-refractivity contribution is 5.56. The number of hydroxylamine groups is 2. The number of hydrazine groups is 1. The Kier molecular flexibility index (Phi) is 6.52. The minimum Gasteiger partial charge on any atom is -0.408 e. The van der Waals surface area contributed by atoms with Crippen molar-refractivity contribution in [3.63, 3.8) is 0 Å². The van der Waals surface area contributed by atoms with Crippen molar-refractivity contribution in [2.45, 2.75) is 19.0 Å². The zero-order chi connectivity index (χ0) is 23.5. The molecule has 0 saturated carbocycles. The predicted molar refractivity (Wildman–Crippen MR) is 132 cm³/mol. The summed E-state index contributed by atoms with van der Waals surface area (Å²) in [6.45, 7) is 5.60. The van der Waals surface area contributed by atoms with Gasteiger partial charge in [-0.1, -0.05) is 30.3 Å². The maximum atomic E-state index is 5.97. The van der Waals surface area contributed by atoms with E-state index in [1.165, 1.54) is 5.56 Å². The van der Waals surface area contributed by atoms with E-state index in [4.69, 9.17) is 19.5 Å². The van der Waals surface area contributed by atoms with Crippen molar-refractivity contribution in [1.82, 2.24) is 25.5 Å². The first kappa shape index (κ1) is 22.5. The third-order valence-electron chi connectivity index (χ3n) is 6.18. The van der Waals surface area contributed by atoms with E-state index in [1.807, 2.05) is 48.4 Å². The quantitative estimate of drug-likeness (QED) is 0.567. The van der Waals surface area contributed by atoms with Gasteiger partial charge in [0, 0.05) is 39.3 Å². The van der Waals surface area contributed by atoms with Crippen LogP contribution in [0.15, 0.2) is 60.1 Å². The number of rotatable bonds is 7. The smallest absolute Gasteiger partial charge is 0.227 e. The molecule has 1 aromatic carbocycles. The van der Waals surface area contributed by atoms with E-state index in [-0.39, 0.29) is 6.04 Å². The molecule has 2 atom stereocenters. The van der Waals surface area contributed by atoms with Gasteiger partial charge in [-0.15, -0.1) is 5.06 Å². The van der Waals surface area contributed by atoms with Gasteiger partial charge in [-0.3, -0.25) is 0 Å². The van der Waals surface area contributed by atoms with Crippen LogP contribution in [0.3, 0.4) is 0 Å². The van der Waals surface area contributed by atoms with E-state index in [1.54, 1.807) is 0 Å². The summed E-state index contributed by atoms with van der Waals surface area (Å²) in [7, 11) is 3.95. The fraction of sp³-hybridized carbons (Fsp3) is 0.417. The fourth-order valence-electron chi connectivity index (χ4n) is 4.19. The molecular formula is C24H32N8O2. The maximum Gasteiger partial charge on any atom is 0.227 e. The Morgan fingerprint density at radius 3 is 2.62 bits per heavy atom. The molecule has 0 amide bonds. The Bertz CT molecular complexity index is 1050. The number of nitrogens with zero attached hydrogens (tertiary/aromatic N) is 5. The van der Waals surface area contributed by atoms with Gasteiger partial charge in [-0.05, 0) is 24.6 Å². The zero-order valence-corrected chi connectivity index (χ0v) is 19.9. The average Bonchev–Trinajstić information content (AvgIpc) is 3.39. The second-order valence-electron chi connectivity index (χ2n) is 8.68. The molecule has 1 saturated heterocycles. The number of anilines is 3. The minimum absolute atomic E-state index is 0.0789. The molecule has 2 unspecified atom stereocenters. The van der Waals surface area contributed by atoms with Crippen LogP contribution in [0.5, 0.6) is 0 Å². The van der Waals surface area contributed by atoms with Crippen LogP contribution < -0.4 is 21.0 Å². The molecule has 0 spiro atoms. The van der Waals surface area contributed by atoms with E-state index < -0.39 is 0 Å². The predicted octanol–water partition coefficient (Wildman–Crippen LogP) is 2.32. The molecule has 3 aliphatic rings. The maximum absolute atomic E-state index is 5.97. The topological polar surface area (TPSA) is 90.0 Å². The minimum atomic E-state index is 0.0789. The Morgan fingerprint density at radius 1 is 1.09 bits per heavy atom. The number of morpholine rings is 1. The Labute approximate surface area is 200 Å².